The van der Waals surface area contributed by atoms with E-state index in [0.29, 0.717) is 28.1 Å². The van der Waals surface area contributed by atoms with Gasteiger partial charge in [0.2, 0.25) is 0 Å². The smallest absolute Gasteiger partial charge is 0.179 e. The van der Waals surface area contributed by atoms with Crippen LogP contribution >= 0.6 is 0 Å². The van der Waals surface area contributed by atoms with Gasteiger partial charge in [0.15, 0.2) is 8.07 Å². The van der Waals surface area contributed by atoms with Crippen molar-refractivity contribution in [2.75, 3.05) is 0 Å². The highest BCUT2D eigenvalue weighted by atomic mass is 28.3. The first kappa shape index (κ1) is 36.0. The molecule has 3 nitrogen and oxygen atoms in total. The summed E-state index contributed by atoms with van der Waals surface area (Å²) in [5, 5.41) is 19.2. The summed E-state index contributed by atoms with van der Waals surface area (Å²) in [7, 11) is 4.09. The van der Waals surface area contributed by atoms with Gasteiger partial charge in [-0.2, -0.15) is 0 Å². The van der Waals surface area contributed by atoms with Crippen molar-refractivity contribution in [3.05, 3.63) is 224 Å². The number of hydrogen-bond acceptors (Lipinski definition) is 2. The molecular formula is C54H38BNO2Si. The maximum atomic E-state index is 11.9. The SMILES string of the molecule is [B]c1c(Oc2cccc(-c3cccc(-n4c5ccccc5c5ccccc54)c3)c2)cccc1-c1ccc([Si](c2ccccc2)(c2ccccc2)c2ccccc2)cc1O. The van der Waals surface area contributed by atoms with Crippen LogP contribution < -0.4 is 30.9 Å². The van der Waals surface area contributed by atoms with Crippen LogP contribution in [0.1, 0.15) is 0 Å². The zero-order valence-electron chi connectivity index (χ0n) is 32.2. The van der Waals surface area contributed by atoms with Crippen molar-refractivity contribution in [2.24, 2.45) is 0 Å². The van der Waals surface area contributed by atoms with Gasteiger partial charge in [0.05, 0.1) is 11.0 Å². The quantitative estimate of drug-likeness (QED) is 0.117. The van der Waals surface area contributed by atoms with Crippen LogP contribution in [0.25, 0.3) is 49.7 Å². The summed E-state index contributed by atoms with van der Waals surface area (Å²) >= 11 is 0. The number of rotatable bonds is 9. The Labute approximate surface area is 346 Å². The Bertz CT molecular complexity index is 2960. The highest BCUT2D eigenvalue weighted by molar-refractivity contribution is 7.19. The van der Waals surface area contributed by atoms with Gasteiger partial charge in [-0.3, -0.25) is 0 Å². The van der Waals surface area contributed by atoms with Crippen molar-refractivity contribution in [1.82, 2.24) is 4.57 Å². The first-order valence-corrected chi connectivity index (χ1v) is 21.9. The second kappa shape index (κ2) is 15.2. The predicted octanol–water partition coefficient (Wildman–Crippen LogP) is 9.79. The Balaban J connectivity index is 0.996. The third-order valence-corrected chi connectivity index (χ3v) is 16.3. The number of aromatic hydroxyl groups is 1. The third-order valence-electron chi connectivity index (χ3n) is 11.5. The van der Waals surface area contributed by atoms with Crippen molar-refractivity contribution >= 4 is 63.9 Å². The number of aromatic nitrogens is 1. The molecule has 2 radical (unpaired) electrons. The van der Waals surface area contributed by atoms with Gasteiger partial charge in [-0.25, -0.2) is 0 Å². The zero-order valence-corrected chi connectivity index (χ0v) is 33.2. The lowest BCUT2D eigenvalue weighted by molar-refractivity contribution is 0.477. The van der Waals surface area contributed by atoms with Gasteiger partial charge in [-0.05, 0) is 91.4 Å². The van der Waals surface area contributed by atoms with Gasteiger partial charge < -0.3 is 14.4 Å². The molecule has 278 valence electrons. The van der Waals surface area contributed by atoms with Crippen molar-refractivity contribution in [2.45, 2.75) is 0 Å². The van der Waals surface area contributed by atoms with Gasteiger partial charge in [0.25, 0.3) is 0 Å². The number of fused-ring (bicyclic) bond motifs is 3. The van der Waals surface area contributed by atoms with Crippen molar-refractivity contribution in [3.8, 4) is 45.2 Å². The lowest BCUT2D eigenvalue weighted by Gasteiger charge is -2.34. The maximum Gasteiger partial charge on any atom is 0.179 e. The van der Waals surface area contributed by atoms with Crippen molar-refractivity contribution in [1.29, 1.82) is 0 Å². The van der Waals surface area contributed by atoms with Crippen LogP contribution in [-0.4, -0.2) is 25.6 Å². The Morgan fingerprint density at radius 2 is 0.949 bits per heavy atom. The Kier molecular flexibility index (Phi) is 9.28. The molecule has 10 aromatic rings. The normalized spacial score (nSPS) is 11.5. The first-order valence-electron chi connectivity index (χ1n) is 19.9. The van der Waals surface area contributed by atoms with E-state index in [0.717, 1.165) is 22.0 Å². The summed E-state index contributed by atoms with van der Waals surface area (Å²) in [5.74, 6) is 1.34. The molecule has 1 N–H and O–H groups in total. The minimum Gasteiger partial charge on any atom is -0.507 e. The summed E-state index contributed by atoms with van der Waals surface area (Å²) in [6.07, 6.45) is 0. The summed E-state index contributed by atoms with van der Waals surface area (Å²) in [6.45, 7) is 0. The molecule has 5 heteroatoms. The minimum atomic E-state index is -2.83. The number of phenolic OH excluding ortho intramolecular Hbond substituents is 1. The zero-order chi connectivity index (χ0) is 39.8. The fraction of sp³-hybridized carbons (Fsp3) is 0. The molecular weight excluding hydrogens is 733 g/mol. The molecule has 1 heterocycles. The van der Waals surface area contributed by atoms with E-state index < -0.39 is 8.07 Å². The number of benzene rings is 9. The molecule has 10 rings (SSSR count). The molecule has 0 amide bonds. The monoisotopic (exact) mass is 771 g/mol. The molecule has 9 aromatic carbocycles. The van der Waals surface area contributed by atoms with Gasteiger partial charge >= 0.3 is 0 Å². The number of hydrogen-bond donors (Lipinski definition) is 1. The van der Waals surface area contributed by atoms with E-state index in [-0.39, 0.29) is 5.75 Å². The average Bonchev–Trinajstić information content (AvgIpc) is 3.63. The minimum absolute atomic E-state index is 0.163. The molecule has 0 fully saturated rings. The van der Waals surface area contributed by atoms with E-state index in [1.165, 1.54) is 37.4 Å². The van der Waals surface area contributed by atoms with Gasteiger partial charge in [-0.1, -0.05) is 176 Å². The molecule has 0 aliphatic carbocycles. The molecule has 59 heavy (non-hydrogen) atoms. The van der Waals surface area contributed by atoms with Crippen LogP contribution in [0.5, 0.6) is 17.2 Å². The molecule has 0 bridgehead atoms. The lowest BCUT2D eigenvalue weighted by Crippen LogP contribution is -2.74. The summed E-state index contributed by atoms with van der Waals surface area (Å²) in [5.41, 5.74) is 7.32. The van der Waals surface area contributed by atoms with Crippen molar-refractivity contribution in [3.63, 3.8) is 0 Å². The molecule has 0 aliphatic rings. The fourth-order valence-electron chi connectivity index (χ4n) is 8.82. The summed E-state index contributed by atoms with van der Waals surface area (Å²) in [4.78, 5) is 0. The average molecular weight is 772 g/mol. The Morgan fingerprint density at radius 1 is 0.424 bits per heavy atom. The number of phenols is 1. The second-order valence-electron chi connectivity index (χ2n) is 14.8. The van der Waals surface area contributed by atoms with E-state index in [1.807, 2.05) is 48.5 Å². The fourth-order valence-corrected chi connectivity index (χ4v) is 13.6. The van der Waals surface area contributed by atoms with Gasteiger partial charge in [0.1, 0.15) is 25.1 Å². The molecule has 0 saturated carbocycles. The van der Waals surface area contributed by atoms with E-state index in [9.17, 15) is 5.11 Å². The van der Waals surface area contributed by atoms with E-state index in [4.69, 9.17) is 12.6 Å². The Hall–Kier alpha value is -7.34. The Morgan fingerprint density at radius 3 is 1.54 bits per heavy atom. The highest BCUT2D eigenvalue weighted by Crippen LogP contribution is 2.35. The molecule has 0 spiro atoms. The van der Waals surface area contributed by atoms with E-state index in [1.54, 1.807) is 0 Å². The standard InChI is InChI=1S/C54H38BNO2Si/c55-54-49(48-34-33-45(37-52(48)57)59(42-21-4-1-5-22-42,43-23-6-2-7-24-43)44-25-8-3-9-26-44)29-16-32-53(54)58-41-20-15-18-39(36-41)38-17-14-19-40(35-38)56-50-30-12-10-27-46(50)47-28-11-13-31-51(47)56/h1-37,57H. The van der Waals surface area contributed by atoms with Crippen molar-refractivity contribution < 1.29 is 9.84 Å². The number of nitrogens with zero attached hydrogens (tertiary/aromatic N) is 1. The first-order chi connectivity index (χ1) is 29.1. The van der Waals surface area contributed by atoms with Crippen LogP contribution in [0.3, 0.4) is 0 Å². The molecule has 1 aromatic heterocycles. The molecule has 0 aliphatic heterocycles. The molecule has 0 unspecified atom stereocenters. The maximum absolute atomic E-state index is 11.9. The lowest BCUT2D eigenvalue weighted by atomic mass is 9.86. The largest absolute Gasteiger partial charge is 0.507 e. The second-order valence-corrected chi connectivity index (χ2v) is 18.7. The highest BCUT2D eigenvalue weighted by Gasteiger charge is 2.41. The summed E-state index contributed by atoms with van der Waals surface area (Å²) in [6, 6.07) is 77.7. The van der Waals surface area contributed by atoms with E-state index >= 15 is 0 Å². The number of para-hydroxylation sites is 2. The van der Waals surface area contributed by atoms with Crippen LogP contribution in [-0.2, 0) is 0 Å². The van der Waals surface area contributed by atoms with Crippen LogP contribution in [0.15, 0.2) is 224 Å². The number of ether oxygens (including phenoxy) is 1. The van der Waals surface area contributed by atoms with Crippen LogP contribution in [0.4, 0.5) is 0 Å². The van der Waals surface area contributed by atoms with E-state index in [2.05, 4.69) is 180 Å². The molecule has 0 atom stereocenters. The van der Waals surface area contributed by atoms with Gasteiger partial charge in [-0.15, -0.1) is 0 Å². The topological polar surface area (TPSA) is 34.4 Å². The van der Waals surface area contributed by atoms with Crippen LogP contribution in [0, 0.1) is 0 Å². The predicted molar refractivity (Wildman–Crippen MR) is 249 cm³/mol. The third kappa shape index (κ3) is 6.33. The van der Waals surface area contributed by atoms with Gasteiger partial charge in [0, 0.05) is 22.0 Å². The molecule has 0 saturated heterocycles. The summed E-state index contributed by atoms with van der Waals surface area (Å²) < 4.78 is 8.87. The van der Waals surface area contributed by atoms with Crippen LogP contribution in [0.2, 0.25) is 0 Å².